The number of thiocarbonyl (C=S) groups is 1. The van der Waals surface area contributed by atoms with E-state index >= 15 is 0 Å². The van der Waals surface area contributed by atoms with Crippen molar-refractivity contribution in [3.05, 3.63) is 35.9 Å². The standard InChI is InChI=1S/C15H20N2S/c16-15(18)9-14(12-4-2-1-3-5-12)17-10-11-6-7-13(17)8-11/h1-5,11,13-14H,6-10H2,(H2,16,18). The van der Waals surface area contributed by atoms with Crippen LogP contribution in [0.5, 0.6) is 0 Å². The molecule has 1 aromatic carbocycles. The van der Waals surface area contributed by atoms with E-state index in [2.05, 4.69) is 35.2 Å². The van der Waals surface area contributed by atoms with Gasteiger partial charge in [-0.15, -0.1) is 0 Å². The second kappa shape index (κ2) is 4.98. The molecule has 96 valence electrons. The normalized spacial score (nSPS) is 28.4. The minimum Gasteiger partial charge on any atom is -0.393 e. The highest BCUT2D eigenvalue weighted by Gasteiger charge is 2.41. The minimum absolute atomic E-state index is 0.388. The lowest BCUT2D eigenvalue weighted by Crippen LogP contribution is -2.37. The van der Waals surface area contributed by atoms with Gasteiger partial charge in [0.15, 0.2) is 0 Å². The first-order valence-corrected chi connectivity index (χ1v) is 7.24. The summed E-state index contributed by atoms with van der Waals surface area (Å²) in [4.78, 5) is 3.27. The smallest absolute Gasteiger partial charge is 0.0746 e. The summed E-state index contributed by atoms with van der Waals surface area (Å²) in [5, 5.41) is 0. The van der Waals surface area contributed by atoms with Crippen LogP contribution < -0.4 is 5.73 Å². The van der Waals surface area contributed by atoms with Gasteiger partial charge in [0.2, 0.25) is 0 Å². The third-order valence-electron chi connectivity index (χ3n) is 4.43. The monoisotopic (exact) mass is 260 g/mol. The lowest BCUT2D eigenvalue weighted by atomic mass is 9.99. The van der Waals surface area contributed by atoms with Gasteiger partial charge in [0.05, 0.1) is 4.99 Å². The summed E-state index contributed by atoms with van der Waals surface area (Å²) in [6, 6.07) is 11.8. The van der Waals surface area contributed by atoms with Crippen LogP contribution in [0.4, 0.5) is 0 Å². The van der Waals surface area contributed by atoms with Gasteiger partial charge in [-0.3, -0.25) is 4.90 Å². The number of fused-ring (bicyclic) bond motifs is 2. The fourth-order valence-corrected chi connectivity index (χ4v) is 3.79. The molecule has 0 radical (unpaired) electrons. The summed E-state index contributed by atoms with van der Waals surface area (Å²) >= 11 is 5.14. The molecule has 2 bridgehead atoms. The predicted octanol–water partition coefficient (Wildman–Crippen LogP) is 2.89. The molecule has 3 atom stereocenters. The fourth-order valence-electron chi connectivity index (χ4n) is 3.64. The zero-order valence-corrected chi connectivity index (χ0v) is 11.4. The maximum atomic E-state index is 5.80. The molecule has 2 nitrogen and oxygen atoms in total. The maximum absolute atomic E-state index is 5.80. The van der Waals surface area contributed by atoms with Crippen LogP contribution in [0.2, 0.25) is 0 Å². The molecule has 18 heavy (non-hydrogen) atoms. The molecule has 1 aliphatic carbocycles. The van der Waals surface area contributed by atoms with Crippen LogP contribution in [0, 0.1) is 5.92 Å². The van der Waals surface area contributed by atoms with E-state index in [-0.39, 0.29) is 0 Å². The Labute approximate surface area is 114 Å². The van der Waals surface area contributed by atoms with Crippen LogP contribution >= 0.6 is 12.2 Å². The molecule has 2 N–H and O–H groups in total. The van der Waals surface area contributed by atoms with Gasteiger partial charge in [-0.1, -0.05) is 42.5 Å². The average Bonchev–Trinajstić information content (AvgIpc) is 2.99. The number of benzene rings is 1. The highest BCUT2D eigenvalue weighted by molar-refractivity contribution is 7.80. The number of likely N-dealkylation sites (tertiary alicyclic amines) is 1. The predicted molar refractivity (Wildman–Crippen MR) is 78.4 cm³/mol. The van der Waals surface area contributed by atoms with Gasteiger partial charge in [-0.2, -0.15) is 0 Å². The Hall–Kier alpha value is -0.930. The van der Waals surface area contributed by atoms with Gasteiger partial charge in [-0.05, 0) is 30.7 Å². The van der Waals surface area contributed by atoms with E-state index in [1.807, 2.05) is 0 Å². The molecular formula is C15H20N2S. The number of piperidine rings is 1. The van der Waals surface area contributed by atoms with Gasteiger partial charge < -0.3 is 5.73 Å². The molecule has 1 saturated carbocycles. The van der Waals surface area contributed by atoms with Gasteiger partial charge >= 0.3 is 0 Å². The highest BCUT2D eigenvalue weighted by atomic mass is 32.1. The average molecular weight is 260 g/mol. The molecule has 3 unspecified atom stereocenters. The van der Waals surface area contributed by atoms with Crippen molar-refractivity contribution in [1.82, 2.24) is 4.90 Å². The molecule has 3 rings (SSSR count). The molecular weight excluding hydrogens is 240 g/mol. The zero-order chi connectivity index (χ0) is 12.5. The van der Waals surface area contributed by atoms with Crippen molar-refractivity contribution >= 4 is 17.2 Å². The third-order valence-corrected chi connectivity index (χ3v) is 4.60. The number of rotatable bonds is 4. The molecule has 1 heterocycles. The summed E-state index contributed by atoms with van der Waals surface area (Å²) in [6.45, 7) is 1.23. The minimum atomic E-state index is 0.388. The molecule has 2 fully saturated rings. The topological polar surface area (TPSA) is 29.3 Å². The second-order valence-corrected chi connectivity index (χ2v) is 6.15. The summed E-state index contributed by atoms with van der Waals surface area (Å²) < 4.78 is 0. The largest absolute Gasteiger partial charge is 0.393 e. The number of nitrogens with zero attached hydrogens (tertiary/aromatic N) is 1. The SMILES string of the molecule is NC(=S)CC(c1ccccc1)N1CC2CCC1C2. The molecule has 0 aromatic heterocycles. The Morgan fingerprint density at radius 3 is 2.67 bits per heavy atom. The van der Waals surface area contributed by atoms with Gasteiger partial charge in [-0.25, -0.2) is 0 Å². The van der Waals surface area contributed by atoms with Crippen molar-refractivity contribution < 1.29 is 0 Å². The second-order valence-electron chi connectivity index (χ2n) is 5.63. The Balaban J connectivity index is 1.84. The Morgan fingerprint density at radius 2 is 2.11 bits per heavy atom. The van der Waals surface area contributed by atoms with Gasteiger partial charge in [0.1, 0.15) is 0 Å². The molecule has 1 aliphatic heterocycles. The first-order chi connectivity index (χ1) is 8.74. The summed E-state index contributed by atoms with van der Waals surface area (Å²) in [5.41, 5.74) is 7.16. The van der Waals surface area contributed by atoms with Crippen LogP contribution in [0.25, 0.3) is 0 Å². The van der Waals surface area contributed by atoms with Crippen LogP contribution in [-0.4, -0.2) is 22.5 Å². The van der Waals surface area contributed by atoms with Crippen molar-refractivity contribution in [3.63, 3.8) is 0 Å². The molecule has 2 aliphatic rings. The van der Waals surface area contributed by atoms with Crippen molar-refractivity contribution in [3.8, 4) is 0 Å². The molecule has 0 spiro atoms. The van der Waals surface area contributed by atoms with E-state index in [1.165, 1.54) is 31.4 Å². The van der Waals surface area contributed by atoms with Crippen LogP contribution in [0.15, 0.2) is 30.3 Å². The van der Waals surface area contributed by atoms with Crippen molar-refractivity contribution in [2.45, 2.75) is 37.8 Å². The fraction of sp³-hybridized carbons (Fsp3) is 0.533. The number of hydrogen-bond donors (Lipinski definition) is 1. The van der Waals surface area contributed by atoms with E-state index in [1.54, 1.807) is 0 Å². The molecule has 3 heteroatoms. The van der Waals surface area contributed by atoms with E-state index in [9.17, 15) is 0 Å². The Morgan fingerprint density at radius 1 is 1.33 bits per heavy atom. The summed E-state index contributed by atoms with van der Waals surface area (Å²) in [7, 11) is 0. The lowest BCUT2D eigenvalue weighted by Gasteiger charge is -2.35. The maximum Gasteiger partial charge on any atom is 0.0746 e. The zero-order valence-electron chi connectivity index (χ0n) is 10.6. The number of hydrogen-bond acceptors (Lipinski definition) is 2. The quantitative estimate of drug-likeness (QED) is 0.844. The first kappa shape index (κ1) is 12.1. The number of nitrogens with two attached hydrogens (primary N) is 1. The lowest BCUT2D eigenvalue weighted by molar-refractivity contribution is 0.153. The summed E-state index contributed by atoms with van der Waals surface area (Å²) in [5.74, 6) is 0.910. The van der Waals surface area contributed by atoms with Crippen molar-refractivity contribution in [2.75, 3.05) is 6.54 Å². The van der Waals surface area contributed by atoms with Crippen LogP contribution in [0.3, 0.4) is 0 Å². The first-order valence-electron chi connectivity index (χ1n) is 6.83. The third kappa shape index (κ3) is 2.29. The highest BCUT2D eigenvalue weighted by Crippen LogP contribution is 2.42. The van der Waals surface area contributed by atoms with Crippen molar-refractivity contribution in [2.24, 2.45) is 11.7 Å². The molecule has 0 amide bonds. The van der Waals surface area contributed by atoms with E-state index in [0.29, 0.717) is 11.0 Å². The molecule has 1 aromatic rings. The van der Waals surface area contributed by atoms with Gasteiger partial charge in [0, 0.05) is 25.0 Å². The van der Waals surface area contributed by atoms with E-state index < -0.39 is 0 Å². The van der Waals surface area contributed by atoms with Crippen molar-refractivity contribution in [1.29, 1.82) is 0 Å². The Bertz CT molecular complexity index is 431. The van der Waals surface area contributed by atoms with Crippen LogP contribution in [0.1, 0.15) is 37.3 Å². The van der Waals surface area contributed by atoms with Crippen LogP contribution in [-0.2, 0) is 0 Å². The Kier molecular flexibility index (Phi) is 3.35. The van der Waals surface area contributed by atoms with E-state index in [4.69, 9.17) is 18.0 Å². The van der Waals surface area contributed by atoms with Gasteiger partial charge in [0.25, 0.3) is 0 Å². The summed E-state index contributed by atoms with van der Waals surface area (Å²) in [6.07, 6.45) is 4.95. The van der Waals surface area contributed by atoms with E-state index in [0.717, 1.165) is 18.4 Å². The molecule has 1 saturated heterocycles.